The first-order valence-electron chi connectivity index (χ1n) is 13.2. The molecule has 1 saturated carbocycles. The van der Waals surface area contributed by atoms with Crippen molar-refractivity contribution in [2.75, 3.05) is 45.3 Å². The summed E-state index contributed by atoms with van der Waals surface area (Å²) < 4.78 is 13.7. The van der Waals surface area contributed by atoms with E-state index in [0.717, 1.165) is 61.9 Å². The maximum atomic E-state index is 5.90. The maximum Gasteiger partial charge on any atom is 0.173 e. The Morgan fingerprint density at radius 3 is 2.42 bits per heavy atom. The summed E-state index contributed by atoms with van der Waals surface area (Å²) in [7, 11) is 3.40. The largest absolute Gasteiger partial charge is 0.493 e. The lowest BCUT2D eigenvalue weighted by atomic mass is 9.94. The van der Waals surface area contributed by atoms with Crippen LogP contribution in [0.3, 0.4) is 0 Å². The molecule has 0 bridgehead atoms. The topological polar surface area (TPSA) is 68.5 Å². The number of ether oxygens (including phenoxy) is 2. The number of hydrogen-bond acceptors (Lipinski definition) is 7. The Labute approximate surface area is 214 Å². The van der Waals surface area contributed by atoms with Gasteiger partial charge in [-0.05, 0) is 60.4 Å². The van der Waals surface area contributed by atoms with Crippen LogP contribution in [0.1, 0.15) is 66.7 Å². The molecule has 8 nitrogen and oxygen atoms in total. The lowest BCUT2D eigenvalue weighted by molar-refractivity contribution is 0.189. The third-order valence-corrected chi connectivity index (χ3v) is 7.80. The van der Waals surface area contributed by atoms with Gasteiger partial charge < -0.3 is 14.4 Å². The highest BCUT2D eigenvalue weighted by molar-refractivity contribution is 5.55. The Bertz CT molecular complexity index is 1160. The van der Waals surface area contributed by atoms with E-state index in [2.05, 4.69) is 68.1 Å². The number of aryl methyl sites for hydroxylation is 2. The molecule has 2 heterocycles. The molecule has 1 saturated heterocycles. The second kappa shape index (κ2) is 10.9. The van der Waals surface area contributed by atoms with Crippen LogP contribution in [0.4, 0.5) is 5.69 Å². The van der Waals surface area contributed by atoms with Crippen molar-refractivity contribution in [1.82, 2.24) is 25.1 Å². The van der Waals surface area contributed by atoms with Crippen molar-refractivity contribution in [1.29, 1.82) is 0 Å². The van der Waals surface area contributed by atoms with Crippen LogP contribution in [-0.2, 0) is 0 Å². The van der Waals surface area contributed by atoms with Crippen LogP contribution < -0.4 is 14.4 Å². The number of rotatable bonds is 7. The number of benzene rings is 2. The Balaban J connectivity index is 1.50. The van der Waals surface area contributed by atoms with Crippen molar-refractivity contribution in [2.24, 2.45) is 0 Å². The Kier molecular flexibility index (Phi) is 7.41. The molecule has 1 aliphatic heterocycles. The van der Waals surface area contributed by atoms with Gasteiger partial charge in [0.1, 0.15) is 6.04 Å². The highest BCUT2D eigenvalue weighted by Gasteiger charge is 2.35. The standard InChI is InChI=1S/C28H38N6O2/c1-20-13-14-21(2)24(19-20)32-15-17-33(18-16-32)26(23-11-8-12-25(35-3)27(23)36-4)28-29-30-31-34(28)22-9-6-5-7-10-22/h8,11-14,19,22,26H,5-7,9-10,15-18H2,1-4H3. The van der Waals surface area contributed by atoms with E-state index in [4.69, 9.17) is 9.47 Å². The fourth-order valence-electron chi connectivity index (χ4n) is 5.87. The van der Waals surface area contributed by atoms with Gasteiger partial charge in [0.2, 0.25) is 0 Å². The van der Waals surface area contributed by atoms with E-state index in [9.17, 15) is 0 Å². The summed E-state index contributed by atoms with van der Waals surface area (Å²) in [5, 5.41) is 13.3. The molecule has 0 amide bonds. The van der Waals surface area contributed by atoms with Crippen molar-refractivity contribution in [3.8, 4) is 11.5 Å². The zero-order chi connectivity index (χ0) is 25.1. The van der Waals surface area contributed by atoms with Crippen molar-refractivity contribution in [2.45, 2.75) is 58.0 Å². The van der Waals surface area contributed by atoms with E-state index in [1.54, 1.807) is 14.2 Å². The number of piperazine rings is 1. The van der Waals surface area contributed by atoms with Gasteiger partial charge in [0.05, 0.1) is 20.3 Å². The van der Waals surface area contributed by atoms with Gasteiger partial charge in [-0.2, -0.15) is 0 Å². The average Bonchev–Trinajstić information content (AvgIpc) is 3.40. The van der Waals surface area contributed by atoms with E-state index >= 15 is 0 Å². The first kappa shape index (κ1) is 24.6. The molecule has 1 aromatic heterocycles. The summed E-state index contributed by atoms with van der Waals surface area (Å²) in [5.74, 6) is 2.37. The molecule has 2 aromatic carbocycles. The third-order valence-electron chi connectivity index (χ3n) is 7.80. The summed E-state index contributed by atoms with van der Waals surface area (Å²) in [6.45, 7) is 8.04. The van der Waals surface area contributed by atoms with Gasteiger partial charge in [-0.15, -0.1) is 5.10 Å². The number of tetrazole rings is 1. The van der Waals surface area contributed by atoms with Gasteiger partial charge in [0, 0.05) is 37.4 Å². The second-order valence-electron chi connectivity index (χ2n) is 10.1. The molecule has 36 heavy (non-hydrogen) atoms. The molecular weight excluding hydrogens is 452 g/mol. The molecule has 2 fully saturated rings. The van der Waals surface area contributed by atoms with E-state index in [-0.39, 0.29) is 6.04 Å². The number of para-hydroxylation sites is 1. The number of hydrogen-bond donors (Lipinski definition) is 0. The average molecular weight is 491 g/mol. The van der Waals surface area contributed by atoms with Crippen molar-refractivity contribution in [3.05, 3.63) is 58.9 Å². The predicted molar refractivity (Wildman–Crippen MR) is 141 cm³/mol. The van der Waals surface area contributed by atoms with Crippen LogP contribution in [0, 0.1) is 13.8 Å². The number of methoxy groups -OCH3 is 2. The van der Waals surface area contributed by atoms with Gasteiger partial charge in [-0.25, -0.2) is 4.68 Å². The second-order valence-corrected chi connectivity index (χ2v) is 10.1. The lowest BCUT2D eigenvalue weighted by Crippen LogP contribution is -2.48. The third kappa shape index (κ3) is 4.78. The molecule has 5 rings (SSSR count). The molecule has 1 aliphatic carbocycles. The summed E-state index contributed by atoms with van der Waals surface area (Å²) >= 11 is 0. The molecule has 1 atom stereocenters. The fraction of sp³-hybridized carbons (Fsp3) is 0.536. The highest BCUT2D eigenvalue weighted by Crippen LogP contribution is 2.41. The van der Waals surface area contributed by atoms with Gasteiger partial charge in [0.15, 0.2) is 17.3 Å². The molecule has 1 unspecified atom stereocenters. The molecule has 8 heteroatoms. The summed E-state index contributed by atoms with van der Waals surface area (Å²) in [6.07, 6.45) is 6.00. The SMILES string of the molecule is COc1cccc(C(c2nnnn2C2CCCCC2)N2CCN(c3cc(C)ccc3C)CC2)c1OC. The quantitative estimate of drug-likeness (QED) is 0.474. The van der Waals surface area contributed by atoms with Crippen molar-refractivity contribution in [3.63, 3.8) is 0 Å². The van der Waals surface area contributed by atoms with Gasteiger partial charge >= 0.3 is 0 Å². The zero-order valence-electron chi connectivity index (χ0n) is 22.0. The molecular formula is C28H38N6O2. The van der Waals surface area contributed by atoms with Crippen LogP contribution in [-0.4, -0.2) is 65.5 Å². The van der Waals surface area contributed by atoms with E-state index in [1.165, 1.54) is 36.1 Å². The smallest absolute Gasteiger partial charge is 0.173 e. The highest BCUT2D eigenvalue weighted by atomic mass is 16.5. The number of aromatic nitrogens is 4. The maximum absolute atomic E-state index is 5.90. The van der Waals surface area contributed by atoms with Crippen LogP contribution >= 0.6 is 0 Å². The summed E-state index contributed by atoms with van der Waals surface area (Å²) in [5.41, 5.74) is 4.99. The molecule has 192 valence electrons. The van der Waals surface area contributed by atoms with Crippen LogP contribution in [0.2, 0.25) is 0 Å². The predicted octanol–water partition coefficient (Wildman–Crippen LogP) is 4.72. The molecule has 0 radical (unpaired) electrons. The minimum Gasteiger partial charge on any atom is -0.493 e. The van der Waals surface area contributed by atoms with Crippen molar-refractivity contribution < 1.29 is 9.47 Å². The van der Waals surface area contributed by atoms with Crippen LogP contribution in [0.5, 0.6) is 11.5 Å². The minimum atomic E-state index is -0.118. The molecule has 2 aliphatic rings. The van der Waals surface area contributed by atoms with E-state index < -0.39 is 0 Å². The zero-order valence-corrected chi connectivity index (χ0v) is 22.0. The van der Waals surface area contributed by atoms with Crippen LogP contribution in [0.25, 0.3) is 0 Å². The first-order chi connectivity index (χ1) is 17.6. The van der Waals surface area contributed by atoms with Crippen LogP contribution in [0.15, 0.2) is 36.4 Å². The summed E-state index contributed by atoms with van der Waals surface area (Å²) in [6, 6.07) is 13.0. The van der Waals surface area contributed by atoms with E-state index in [1.807, 2.05) is 12.1 Å². The first-order valence-corrected chi connectivity index (χ1v) is 13.2. The van der Waals surface area contributed by atoms with Gasteiger partial charge in [-0.1, -0.05) is 43.5 Å². The van der Waals surface area contributed by atoms with Gasteiger partial charge in [-0.3, -0.25) is 4.90 Å². The Morgan fingerprint density at radius 1 is 0.917 bits per heavy atom. The molecule has 3 aromatic rings. The number of nitrogens with zero attached hydrogens (tertiary/aromatic N) is 6. The summed E-state index contributed by atoms with van der Waals surface area (Å²) in [4.78, 5) is 5.01. The fourth-order valence-corrected chi connectivity index (χ4v) is 5.87. The van der Waals surface area contributed by atoms with Gasteiger partial charge in [0.25, 0.3) is 0 Å². The number of anilines is 1. The molecule has 0 spiro atoms. The Morgan fingerprint density at radius 2 is 1.69 bits per heavy atom. The van der Waals surface area contributed by atoms with Crippen molar-refractivity contribution >= 4 is 5.69 Å². The normalized spacial score (nSPS) is 18.3. The van der Waals surface area contributed by atoms with E-state index in [0.29, 0.717) is 6.04 Å². The monoisotopic (exact) mass is 490 g/mol. The molecule has 0 N–H and O–H groups in total. The Hall–Kier alpha value is -3.13. The lowest BCUT2D eigenvalue weighted by Gasteiger charge is -2.41. The minimum absolute atomic E-state index is 0.118.